The maximum atomic E-state index is 12.3. The number of nitrogens with one attached hydrogen (secondary N) is 2. The van der Waals surface area contributed by atoms with Gasteiger partial charge in [0.05, 0.1) is 23.8 Å². The zero-order chi connectivity index (χ0) is 24.9. The fraction of sp³-hybridized carbons (Fsp3) is 0.192. The van der Waals surface area contributed by atoms with Gasteiger partial charge in [0.15, 0.2) is 0 Å². The first-order chi connectivity index (χ1) is 16.8. The molecule has 1 atom stereocenters. The van der Waals surface area contributed by atoms with Gasteiger partial charge in [-0.25, -0.2) is 9.59 Å². The molecular formula is C26H23BrN2O6. The Morgan fingerprint density at radius 1 is 0.971 bits per heavy atom. The number of ether oxygens (including phenoxy) is 1. The number of amides is 2. The number of hydrogen-bond donors (Lipinski definition) is 4. The lowest BCUT2D eigenvalue weighted by molar-refractivity contribution is -0.118. The number of carbonyl (C=O) groups excluding carboxylic acids is 2. The van der Waals surface area contributed by atoms with Gasteiger partial charge in [-0.05, 0) is 40.5 Å². The van der Waals surface area contributed by atoms with E-state index < -0.39 is 24.1 Å². The number of halogens is 1. The molecule has 9 heteroatoms. The third kappa shape index (κ3) is 5.70. The van der Waals surface area contributed by atoms with E-state index in [1.54, 1.807) is 6.07 Å². The molecule has 0 aromatic heterocycles. The van der Waals surface area contributed by atoms with E-state index in [9.17, 15) is 24.6 Å². The topological polar surface area (TPSA) is 125 Å². The van der Waals surface area contributed by atoms with Crippen LogP contribution in [-0.2, 0) is 9.53 Å². The number of aliphatic hydroxyl groups is 1. The second-order valence-corrected chi connectivity index (χ2v) is 9.02. The standard InChI is InChI=1S/C26H23BrN2O6/c27-15-9-10-21(25(32)33)23(11-15)29-24(31)12-16(30)13-28-26(34)35-14-22-19-7-3-1-5-17(19)18-6-2-4-8-20(18)22/h1-11,16,22,30H,12-14H2,(H,28,34)(H,29,31)(H,32,33). The van der Waals surface area contributed by atoms with Crippen molar-refractivity contribution >= 4 is 39.6 Å². The molecule has 2 amide bonds. The zero-order valence-electron chi connectivity index (χ0n) is 18.5. The molecule has 1 unspecified atom stereocenters. The molecule has 1 aliphatic rings. The van der Waals surface area contributed by atoms with Crippen molar-refractivity contribution in [3.05, 3.63) is 87.9 Å². The summed E-state index contributed by atoms with van der Waals surface area (Å²) >= 11 is 3.23. The van der Waals surface area contributed by atoms with Crippen molar-refractivity contribution in [1.29, 1.82) is 0 Å². The van der Waals surface area contributed by atoms with Gasteiger partial charge in [0.2, 0.25) is 5.91 Å². The second-order valence-electron chi connectivity index (χ2n) is 8.11. The van der Waals surface area contributed by atoms with Gasteiger partial charge in [-0.1, -0.05) is 64.5 Å². The molecule has 1 aliphatic carbocycles. The van der Waals surface area contributed by atoms with E-state index in [-0.39, 0.29) is 36.7 Å². The molecule has 35 heavy (non-hydrogen) atoms. The van der Waals surface area contributed by atoms with Crippen LogP contribution in [-0.4, -0.2) is 47.4 Å². The van der Waals surface area contributed by atoms with Crippen molar-refractivity contribution in [3.63, 3.8) is 0 Å². The van der Waals surface area contributed by atoms with Crippen LogP contribution >= 0.6 is 15.9 Å². The number of rotatable bonds is 8. The van der Waals surface area contributed by atoms with Crippen LogP contribution in [0, 0.1) is 0 Å². The summed E-state index contributed by atoms with van der Waals surface area (Å²) in [6, 6.07) is 20.3. The van der Waals surface area contributed by atoms with Gasteiger partial charge < -0.3 is 25.6 Å². The van der Waals surface area contributed by atoms with E-state index in [0.717, 1.165) is 22.3 Å². The Bertz CT molecular complexity index is 1230. The van der Waals surface area contributed by atoms with E-state index in [1.807, 2.05) is 48.5 Å². The Balaban J connectivity index is 1.27. The van der Waals surface area contributed by atoms with E-state index in [0.29, 0.717) is 4.47 Å². The van der Waals surface area contributed by atoms with Gasteiger partial charge >= 0.3 is 12.1 Å². The van der Waals surface area contributed by atoms with Gasteiger partial charge in [-0.15, -0.1) is 0 Å². The number of carbonyl (C=O) groups is 3. The number of carboxylic acid groups (broad SMARTS) is 1. The Kier molecular flexibility index (Phi) is 7.48. The number of carboxylic acids is 1. The van der Waals surface area contributed by atoms with Crippen LogP contribution in [0.15, 0.2) is 71.2 Å². The highest BCUT2D eigenvalue weighted by molar-refractivity contribution is 9.10. The second kappa shape index (κ2) is 10.7. The molecule has 0 spiro atoms. The van der Waals surface area contributed by atoms with Crippen molar-refractivity contribution in [2.45, 2.75) is 18.4 Å². The van der Waals surface area contributed by atoms with E-state index in [2.05, 4.69) is 26.6 Å². The summed E-state index contributed by atoms with van der Waals surface area (Å²) in [4.78, 5) is 35.8. The first kappa shape index (κ1) is 24.4. The summed E-state index contributed by atoms with van der Waals surface area (Å²) in [5, 5.41) is 24.4. The fourth-order valence-corrected chi connectivity index (χ4v) is 4.51. The largest absolute Gasteiger partial charge is 0.478 e. The number of aliphatic hydroxyl groups excluding tert-OH is 1. The minimum atomic E-state index is -1.19. The van der Waals surface area contributed by atoms with Crippen molar-refractivity contribution in [2.75, 3.05) is 18.5 Å². The molecule has 0 bridgehead atoms. The maximum absolute atomic E-state index is 12.3. The summed E-state index contributed by atoms with van der Waals surface area (Å²) < 4.78 is 6.01. The van der Waals surface area contributed by atoms with E-state index in [1.165, 1.54) is 12.1 Å². The average Bonchev–Trinajstić information content (AvgIpc) is 3.15. The third-order valence-electron chi connectivity index (χ3n) is 5.73. The van der Waals surface area contributed by atoms with E-state index >= 15 is 0 Å². The molecule has 3 aromatic rings. The minimum Gasteiger partial charge on any atom is -0.478 e. The van der Waals surface area contributed by atoms with Crippen LogP contribution in [0.5, 0.6) is 0 Å². The van der Waals surface area contributed by atoms with Crippen molar-refractivity contribution < 1.29 is 29.3 Å². The van der Waals surface area contributed by atoms with Crippen LogP contribution in [0.3, 0.4) is 0 Å². The van der Waals surface area contributed by atoms with Gasteiger partial charge in [0.1, 0.15) is 6.61 Å². The molecule has 8 nitrogen and oxygen atoms in total. The average molecular weight is 539 g/mol. The highest BCUT2D eigenvalue weighted by Gasteiger charge is 2.29. The van der Waals surface area contributed by atoms with Gasteiger partial charge in [0, 0.05) is 16.9 Å². The predicted octanol–water partition coefficient (Wildman–Crippen LogP) is 4.38. The molecule has 0 heterocycles. The summed E-state index contributed by atoms with van der Waals surface area (Å²) in [5.74, 6) is -1.87. The SMILES string of the molecule is O=C(CC(O)CNC(=O)OCC1c2ccccc2-c2ccccc21)Nc1cc(Br)ccc1C(=O)O. The number of benzene rings is 3. The molecule has 0 saturated carbocycles. The lowest BCUT2D eigenvalue weighted by atomic mass is 9.98. The first-order valence-corrected chi connectivity index (χ1v) is 11.7. The van der Waals surface area contributed by atoms with Crippen LogP contribution in [0.4, 0.5) is 10.5 Å². The first-order valence-electron chi connectivity index (χ1n) is 10.9. The van der Waals surface area contributed by atoms with Crippen LogP contribution < -0.4 is 10.6 Å². The maximum Gasteiger partial charge on any atom is 0.407 e. The normalized spacial score (nSPS) is 12.9. The summed E-state index contributed by atoms with van der Waals surface area (Å²) in [6.45, 7) is -0.0638. The van der Waals surface area contributed by atoms with Crippen LogP contribution in [0.2, 0.25) is 0 Å². The molecule has 4 N–H and O–H groups in total. The van der Waals surface area contributed by atoms with Crippen molar-refractivity contribution in [1.82, 2.24) is 5.32 Å². The molecule has 3 aromatic carbocycles. The number of hydrogen-bond acceptors (Lipinski definition) is 5. The minimum absolute atomic E-state index is 0.0761. The van der Waals surface area contributed by atoms with Crippen molar-refractivity contribution in [3.8, 4) is 11.1 Å². The Labute approximate surface area is 210 Å². The molecule has 0 radical (unpaired) electrons. The molecule has 180 valence electrons. The molecule has 0 saturated heterocycles. The Morgan fingerprint density at radius 3 is 2.23 bits per heavy atom. The number of aromatic carboxylic acids is 1. The smallest absolute Gasteiger partial charge is 0.407 e. The Morgan fingerprint density at radius 2 is 1.60 bits per heavy atom. The van der Waals surface area contributed by atoms with Crippen LogP contribution in [0.1, 0.15) is 33.8 Å². The third-order valence-corrected chi connectivity index (χ3v) is 6.23. The molecule has 4 rings (SSSR count). The molecular weight excluding hydrogens is 516 g/mol. The quantitative estimate of drug-likeness (QED) is 0.337. The molecule has 0 fully saturated rings. The molecule has 0 aliphatic heterocycles. The number of anilines is 1. The highest BCUT2D eigenvalue weighted by atomic mass is 79.9. The van der Waals surface area contributed by atoms with Crippen LogP contribution in [0.25, 0.3) is 11.1 Å². The van der Waals surface area contributed by atoms with Gasteiger partial charge in [-0.2, -0.15) is 0 Å². The zero-order valence-corrected chi connectivity index (χ0v) is 20.1. The highest BCUT2D eigenvalue weighted by Crippen LogP contribution is 2.44. The number of fused-ring (bicyclic) bond motifs is 3. The van der Waals surface area contributed by atoms with Gasteiger partial charge in [-0.3, -0.25) is 4.79 Å². The summed E-state index contributed by atoms with van der Waals surface area (Å²) in [5.41, 5.74) is 4.45. The Hall–Kier alpha value is -3.69. The van der Waals surface area contributed by atoms with Crippen molar-refractivity contribution in [2.24, 2.45) is 0 Å². The monoisotopic (exact) mass is 538 g/mol. The summed E-state index contributed by atoms with van der Waals surface area (Å²) in [6.07, 6.45) is -2.22. The number of alkyl carbamates (subject to hydrolysis) is 1. The summed E-state index contributed by atoms with van der Waals surface area (Å²) in [7, 11) is 0. The predicted molar refractivity (Wildman–Crippen MR) is 133 cm³/mol. The van der Waals surface area contributed by atoms with Gasteiger partial charge in [0.25, 0.3) is 0 Å². The fourth-order valence-electron chi connectivity index (χ4n) is 4.14. The van der Waals surface area contributed by atoms with E-state index in [4.69, 9.17) is 4.74 Å². The lowest BCUT2D eigenvalue weighted by Gasteiger charge is -2.16. The lowest BCUT2D eigenvalue weighted by Crippen LogP contribution is -2.35.